The number of methoxy groups -OCH3 is 1. The molecule has 3 nitrogen and oxygen atoms in total. The number of carbonyl (C=O) groups excluding carboxylic acids is 1. The number of amides is 1. The van der Waals surface area contributed by atoms with E-state index in [4.69, 9.17) is 40.2 Å². The molecule has 0 saturated carbocycles. The van der Waals surface area contributed by atoms with Crippen LogP contribution in [0.25, 0.3) is 6.08 Å². The molecule has 1 heterocycles. The fourth-order valence-corrected chi connectivity index (χ4v) is 3.31. The predicted molar refractivity (Wildman–Crippen MR) is 88.2 cm³/mol. The van der Waals surface area contributed by atoms with Crippen LogP contribution in [0.4, 0.5) is 0 Å². The number of benzene rings is 1. The Labute approximate surface area is 136 Å². The van der Waals surface area contributed by atoms with Gasteiger partial charge in [0.05, 0.1) is 28.1 Å². The molecule has 7 heteroatoms. The van der Waals surface area contributed by atoms with E-state index in [2.05, 4.69) is 0 Å². The lowest BCUT2D eigenvalue weighted by Gasteiger charge is -2.12. The number of ether oxygens (including phenoxy) is 1. The van der Waals surface area contributed by atoms with Crippen LogP contribution in [0.2, 0.25) is 10.0 Å². The van der Waals surface area contributed by atoms with Crippen LogP contribution in [-0.4, -0.2) is 35.4 Å². The number of halogens is 2. The lowest BCUT2D eigenvalue weighted by atomic mass is 10.2. The zero-order valence-corrected chi connectivity index (χ0v) is 13.7. The van der Waals surface area contributed by atoms with Crippen molar-refractivity contribution >= 4 is 63.5 Å². The van der Waals surface area contributed by atoms with Gasteiger partial charge in [-0.1, -0.05) is 59.3 Å². The highest BCUT2D eigenvalue weighted by atomic mass is 35.5. The van der Waals surface area contributed by atoms with Gasteiger partial charge < -0.3 is 4.74 Å². The molecule has 0 spiro atoms. The summed E-state index contributed by atoms with van der Waals surface area (Å²) in [5.41, 5.74) is 0.700. The quantitative estimate of drug-likeness (QED) is 0.611. The van der Waals surface area contributed by atoms with Gasteiger partial charge in [-0.3, -0.25) is 9.69 Å². The second-order valence-electron chi connectivity index (χ2n) is 3.97. The zero-order valence-electron chi connectivity index (χ0n) is 10.6. The molecule has 20 heavy (non-hydrogen) atoms. The fourth-order valence-electron chi connectivity index (χ4n) is 1.65. The molecule has 0 atom stereocenters. The van der Waals surface area contributed by atoms with Gasteiger partial charge in [-0.2, -0.15) is 0 Å². The first-order valence-corrected chi connectivity index (χ1v) is 7.71. The Hall–Kier alpha value is -0.590. The van der Waals surface area contributed by atoms with E-state index in [1.54, 1.807) is 31.4 Å². The molecular formula is C13H11Cl2NO2S2. The molecule has 1 aromatic carbocycles. The molecule has 0 bridgehead atoms. The lowest BCUT2D eigenvalue weighted by molar-refractivity contribution is -0.122. The van der Waals surface area contributed by atoms with Gasteiger partial charge in [0.15, 0.2) is 0 Å². The van der Waals surface area contributed by atoms with E-state index in [1.807, 2.05) is 0 Å². The van der Waals surface area contributed by atoms with Gasteiger partial charge in [0.1, 0.15) is 4.32 Å². The molecule has 0 radical (unpaired) electrons. The van der Waals surface area contributed by atoms with E-state index in [-0.39, 0.29) is 5.91 Å². The van der Waals surface area contributed by atoms with Crippen molar-refractivity contribution in [2.45, 2.75) is 0 Å². The standard InChI is InChI=1S/C13H11Cl2NO2S2/c1-18-6-5-16-12(17)10(20-13(16)19)7-8-3-2-4-9(14)11(8)15/h2-4,7H,5-6H2,1H3. The molecule has 106 valence electrons. The van der Waals surface area contributed by atoms with Gasteiger partial charge in [-0.15, -0.1) is 0 Å². The molecule has 1 aliphatic heterocycles. The van der Waals surface area contributed by atoms with Gasteiger partial charge in [0.25, 0.3) is 5.91 Å². The first kappa shape index (κ1) is 15.8. The maximum atomic E-state index is 12.2. The largest absolute Gasteiger partial charge is 0.383 e. The van der Waals surface area contributed by atoms with E-state index < -0.39 is 0 Å². The molecular weight excluding hydrogens is 337 g/mol. The van der Waals surface area contributed by atoms with Gasteiger partial charge in [0.2, 0.25) is 0 Å². The summed E-state index contributed by atoms with van der Waals surface area (Å²) in [6.45, 7) is 0.888. The minimum atomic E-state index is -0.131. The van der Waals surface area contributed by atoms with E-state index >= 15 is 0 Å². The maximum Gasteiger partial charge on any atom is 0.266 e. The second kappa shape index (κ2) is 6.91. The normalized spacial score (nSPS) is 17.4. The summed E-state index contributed by atoms with van der Waals surface area (Å²) in [5, 5.41) is 0.881. The Morgan fingerprint density at radius 1 is 1.45 bits per heavy atom. The van der Waals surface area contributed by atoms with Crippen LogP contribution < -0.4 is 0 Å². The van der Waals surface area contributed by atoms with Crippen LogP contribution in [0.5, 0.6) is 0 Å². The number of carbonyl (C=O) groups is 1. The average Bonchev–Trinajstić information content (AvgIpc) is 2.68. The van der Waals surface area contributed by atoms with Gasteiger partial charge in [0, 0.05) is 7.11 Å². The van der Waals surface area contributed by atoms with Crippen LogP contribution in [0.3, 0.4) is 0 Å². The highest BCUT2D eigenvalue weighted by Gasteiger charge is 2.31. The molecule has 0 unspecified atom stereocenters. The lowest BCUT2D eigenvalue weighted by Crippen LogP contribution is -2.31. The third-order valence-electron chi connectivity index (χ3n) is 2.66. The van der Waals surface area contributed by atoms with Crippen LogP contribution in [-0.2, 0) is 9.53 Å². The van der Waals surface area contributed by atoms with Crippen molar-refractivity contribution in [2.24, 2.45) is 0 Å². The van der Waals surface area contributed by atoms with Crippen LogP contribution in [0.15, 0.2) is 23.1 Å². The Morgan fingerprint density at radius 3 is 2.90 bits per heavy atom. The van der Waals surface area contributed by atoms with Gasteiger partial charge >= 0.3 is 0 Å². The molecule has 2 rings (SSSR count). The third kappa shape index (κ3) is 3.35. The summed E-state index contributed by atoms with van der Waals surface area (Å²) in [7, 11) is 1.58. The topological polar surface area (TPSA) is 29.5 Å². The third-order valence-corrected chi connectivity index (χ3v) is 4.87. The summed E-state index contributed by atoms with van der Waals surface area (Å²) >= 11 is 18.5. The van der Waals surface area contributed by atoms with Crippen LogP contribution in [0, 0.1) is 0 Å². The van der Waals surface area contributed by atoms with Crippen molar-refractivity contribution < 1.29 is 9.53 Å². The van der Waals surface area contributed by atoms with E-state index in [0.717, 1.165) is 0 Å². The second-order valence-corrected chi connectivity index (χ2v) is 6.43. The first-order chi connectivity index (χ1) is 9.54. The Kier molecular flexibility index (Phi) is 5.46. The Morgan fingerprint density at radius 2 is 2.20 bits per heavy atom. The highest BCUT2D eigenvalue weighted by Crippen LogP contribution is 2.35. The summed E-state index contributed by atoms with van der Waals surface area (Å²) in [4.78, 5) is 14.3. The van der Waals surface area contributed by atoms with Crippen molar-refractivity contribution in [3.8, 4) is 0 Å². The fraction of sp³-hybridized carbons (Fsp3) is 0.231. The summed E-state index contributed by atoms with van der Waals surface area (Å²) < 4.78 is 5.49. The van der Waals surface area contributed by atoms with E-state index in [9.17, 15) is 4.79 Å². The Balaban J connectivity index is 2.26. The van der Waals surface area contributed by atoms with Crippen LogP contribution >= 0.6 is 47.2 Å². The van der Waals surface area contributed by atoms with Crippen molar-refractivity contribution in [1.29, 1.82) is 0 Å². The number of thiocarbonyl (C=S) groups is 1. The number of nitrogens with zero attached hydrogens (tertiary/aromatic N) is 1. The SMILES string of the molecule is COCCN1C(=O)C(=Cc2cccc(Cl)c2Cl)SC1=S. The number of hydrogen-bond donors (Lipinski definition) is 0. The first-order valence-electron chi connectivity index (χ1n) is 5.73. The summed E-state index contributed by atoms with van der Waals surface area (Å²) in [6.07, 6.45) is 1.71. The molecule has 1 aromatic rings. The van der Waals surface area contributed by atoms with Gasteiger partial charge in [-0.05, 0) is 17.7 Å². The molecule has 0 aliphatic carbocycles. The minimum Gasteiger partial charge on any atom is -0.383 e. The Bertz CT molecular complexity index is 590. The molecule has 1 fully saturated rings. The van der Waals surface area contributed by atoms with Crippen molar-refractivity contribution in [2.75, 3.05) is 20.3 Å². The number of thioether (sulfide) groups is 1. The molecule has 0 aromatic heterocycles. The molecule has 1 amide bonds. The highest BCUT2D eigenvalue weighted by molar-refractivity contribution is 8.26. The number of hydrogen-bond acceptors (Lipinski definition) is 4. The van der Waals surface area contributed by atoms with E-state index in [1.165, 1.54) is 16.7 Å². The average molecular weight is 348 g/mol. The number of rotatable bonds is 4. The maximum absolute atomic E-state index is 12.2. The molecule has 0 N–H and O–H groups in total. The van der Waals surface area contributed by atoms with E-state index in [0.29, 0.717) is 38.0 Å². The predicted octanol–water partition coefficient (Wildman–Crippen LogP) is 3.84. The smallest absolute Gasteiger partial charge is 0.266 e. The van der Waals surface area contributed by atoms with Crippen molar-refractivity contribution in [1.82, 2.24) is 4.90 Å². The van der Waals surface area contributed by atoms with Gasteiger partial charge in [-0.25, -0.2) is 0 Å². The van der Waals surface area contributed by atoms with Crippen LogP contribution in [0.1, 0.15) is 5.56 Å². The summed E-state index contributed by atoms with van der Waals surface area (Å²) in [5.74, 6) is -0.131. The van der Waals surface area contributed by atoms with Crippen molar-refractivity contribution in [3.05, 3.63) is 38.7 Å². The minimum absolute atomic E-state index is 0.131. The zero-order chi connectivity index (χ0) is 14.7. The van der Waals surface area contributed by atoms with Crippen molar-refractivity contribution in [3.63, 3.8) is 0 Å². The monoisotopic (exact) mass is 347 g/mol. The summed E-state index contributed by atoms with van der Waals surface area (Å²) in [6, 6.07) is 5.28. The molecule has 1 saturated heterocycles. The molecule has 1 aliphatic rings.